The summed E-state index contributed by atoms with van der Waals surface area (Å²) >= 11 is 0. The number of benzene rings is 4. The molecule has 0 bridgehead atoms. The smallest absolute Gasteiger partial charge is 0.433 e. The van der Waals surface area contributed by atoms with Gasteiger partial charge in [0.05, 0.1) is 17.9 Å². The molecule has 0 aliphatic heterocycles. The van der Waals surface area contributed by atoms with Crippen molar-refractivity contribution in [3.8, 4) is 11.5 Å². The molecule has 1 atom stereocenters. The van der Waals surface area contributed by atoms with E-state index >= 15 is 0 Å². The lowest BCUT2D eigenvalue weighted by atomic mass is 10.1. The number of carbonyl (C=O) groups excluding carboxylic acids is 3. The lowest BCUT2D eigenvalue weighted by Gasteiger charge is -2.25. The second kappa shape index (κ2) is 18.1. The third-order valence-electron chi connectivity index (χ3n) is 6.66. The van der Waals surface area contributed by atoms with Crippen LogP contribution in [0.2, 0.25) is 0 Å². The lowest BCUT2D eigenvalue weighted by molar-refractivity contribution is 0.0545. The van der Waals surface area contributed by atoms with Crippen LogP contribution in [0.1, 0.15) is 58.7 Å². The van der Waals surface area contributed by atoms with E-state index in [0.717, 1.165) is 5.56 Å². The molecule has 0 heterocycles. The highest BCUT2D eigenvalue weighted by molar-refractivity contribution is 7.54. The summed E-state index contributed by atoms with van der Waals surface area (Å²) in [5, 5.41) is 7.69. The van der Waals surface area contributed by atoms with E-state index in [1.54, 1.807) is 126 Å². The number of rotatable bonds is 11. The Bertz CT molecular complexity index is 1800. The molecule has 14 heteroatoms. The maximum Gasteiger partial charge on any atom is 0.433 e. The van der Waals surface area contributed by atoms with Crippen LogP contribution in [0.25, 0.3) is 0 Å². The number of hydrogen-bond acceptors (Lipinski definition) is 10. The zero-order valence-corrected chi connectivity index (χ0v) is 31.4. The summed E-state index contributed by atoms with van der Waals surface area (Å²) in [7, 11) is -4.04. The second-order valence-electron chi connectivity index (χ2n) is 13.7. The summed E-state index contributed by atoms with van der Waals surface area (Å²) in [5.41, 5.74) is -0.0638. The number of carbonyl (C=O) groups is 3. The molecule has 0 radical (unpaired) electrons. The number of nitrogens with zero attached hydrogens (tertiary/aromatic N) is 1. The van der Waals surface area contributed by atoms with Crippen molar-refractivity contribution >= 4 is 37.5 Å². The first-order valence-electron chi connectivity index (χ1n) is 16.8. The summed E-state index contributed by atoms with van der Waals surface area (Å²) in [6, 6.07) is 31.8. The molecule has 3 amide bonds. The van der Waals surface area contributed by atoms with Crippen molar-refractivity contribution < 1.29 is 42.2 Å². The highest BCUT2D eigenvalue weighted by Crippen LogP contribution is 2.51. The predicted molar refractivity (Wildman–Crippen MR) is 201 cm³/mol. The van der Waals surface area contributed by atoms with E-state index in [4.69, 9.17) is 23.3 Å². The standard InChI is InChI=1S/C39H45N4O9P/c1-38(2,3)49-36(45)42-34(43-37(46)50-39(4,5)6)40-30-24-22-29(23-25-30)33(41-35(44)48-26-28-16-10-7-11-17-28)27-53(47,51-31-18-12-8-13-19-31)52-32-20-14-9-15-21-32/h7-25,33H,26-27H2,1-6H3,(H,41,44)(H2,40,42,43,45,46). The van der Waals surface area contributed by atoms with Crippen molar-refractivity contribution in [1.82, 2.24) is 16.0 Å². The van der Waals surface area contributed by atoms with Gasteiger partial charge in [0.25, 0.3) is 0 Å². The number of hydrogen-bond donors (Lipinski definition) is 3. The van der Waals surface area contributed by atoms with Crippen LogP contribution >= 0.6 is 7.60 Å². The molecule has 1 unspecified atom stereocenters. The number of alkyl carbamates (subject to hydrolysis) is 3. The highest BCUT2D eigenvalue weighted by atomic mass is 31.2. The Kier molecular flexibility index (Phi) is 13.6. The minimum Gasteiger partial charge on any atom is -0.445 e. The fourth-order valence-corrected chi connectivity index (χ4v) is 6.36. The molecule has 0 aliphatic carbocycles. The molecule has 280 valence electrons. The first-order valence-corrected chi connectivity index (χ1v) is 18.5. The van der Waals surface area contributed by atoms with Crippen molar-refractivity contribution in [2.75, 3.05) is 6.16 Å². The van der Waals surface area contributed by atoms with Crippen LogP contribution in [0.15, 0.2) is 120 Å². The zero-order valence-electron chi connectivity index (χ0n) is 30.5. The van der Waals surface area contributed by atoms with Gasteiger partial charge in [0.15, 0.2) is 0 Å². The van der Waals surface area contributed by atoms with Crippen LogP contribution in [-0.2, 0) is 25.4 Å². The van der Waals surface area contributed by atoms with E-state index in [-0.39, 0.29) is 18.7 Å². The number of ether oxygens (including phenoxy) is 3. The normalized spacial score (nSPS) is 12.0. The quantitative estimate of drug-likeness (QED) is 0.0589. The molecule has 4 aromatic rings. The van der Waals surface area contributed by atoms with Gasteiger partial charge in [0.2, 0.25) is 5.96 Å². The van der Waals surface area contributed by atoms with Gasteiger partial charge in [-0.3, -0.25) is 10.6 Å². The predicted octanol–water partition coefficient (Wildman–Crippen LogP) is 9.04. The fraction of sp³-hybridized carbons (Fsp3) is 0.282. The van der Waals surface area contributed by atoms with Crippen molar-refractivity contribution in [3.63, 3.8) is 0 Å². The SMILES string of the molecule is CC(C)(C)OC(=O)NC(=Nc1ccc(C(CP(=O)(Oc2ccccc2)Oc2ccccc2)NC(=O)OCc2ccccc2)cc1)NC(=O)OC(C)(C)C. The largest absolute Gasteiger partial charge is 0.445 e. The maximum atomic E-state index is 14.5. The summed E-state index contributed by atoms with van der Waals surface area (Å²) in [5.74, 6) is 0.367. The van der Waals surface area contributed by atoms with Gasteiger partial charge in [-0.05, 0) is 89.1 Å². The van der Waals surface area contributed by atoms with Crippen LogP contribution in [0.3, 0.4) is 0 Å². The number of guanidine groups is 1. The Labute approximate surface area is 309 Å². The zero-order chi connectivity index (χ0) is 38.5. The van der Waals surface area contributed by atoms with Crippen molar-refractivity contribution in [3.05, 3.63) is 126 Å². The van der Waals surface area contributed by atoms with Crippen molar-refractivity contribution in [2.45, 2.75) is 65.4 Å². The van der Waals surface area contributed by atoms with Crippen LogP contribution in [0.5, 0.6) is 11.5 Å². The molecule has 4 aromatic carbocycles. The summed E-state index contributed by atoms with van der Waals surface area (Å²) in [6.45, 7) is 10.2. The van der Waals surface area contributed by atoms with Gasteiger partial charge < -0.3 is 28.6 Å². The monoisotopic (exact) mass is 744 g/mol. The summed E-state index contributed by atoms with van der Waals surface area (Å²) < 4.78 is 42.7. The molecule has 0 fully saturated rings. The molecule has 0 aliphatic rings. The van der Waals surface area contributed by atoms with Crippen molar-refractivity contribution in [1.29, 1.82) is 0 Å². The molecule has 0 aromatic heterocycles. The molecule has 53 heavy (non-hydrogen) atoms. The van der Waals surface area contributed by atoms with Gasteiger partial charge in [0, 0.05) is 0 Å². The Morgan fingerprint density at radius 2 is 1.09 bits per heavy atom. The van der Waals surface area contributed by atoms with Crippen LogP contribution < -0.4 is 25.0 Å². The number of nitrogens with one attached hydrogen (secondary N) is 3. The van der Waals surface area contributed by atoms with E-state index in [1.165, 1.54) is 0 Å². The van der Waals surface area contributed by atoms with Gasteiger partial charge in [-0.25, -0.2) is 23.9 Å². The Morgan fingerprint density at radius 3 is 1.55 bits per heavy atom. The second-order valence-corrected chi connectivity index (χ2v) is 15.6. The van der Waals surface area contributed by atoms with Crippen LogP contribution in [-0.4, -0.2) is 41.6 Å². The maximum absolute atomic E-state index is 14.5. The van der Waals surface area contributed by atoms with E-state index in [2.05, 4.69) is 20.9 Å². The van der Waals surface area contributed by atoms with Gasteiger partial charge in [-0.15, -0.1) is 0 Å². The van der Waals surface area contributed by atoms with E-state index in [9.17, 15) is 18.9 Å². The number of amides is 3. The highest BCUT2D eigenvalue weighted by Gasteiger charge is 2.34. The molecule has 0 saturated carbocycles. The van der Waals surface area contributed by atoms with E-state index < -0.39 is 43.1 Å². The van der Waals surface area contributed by atoms with Gasteiger partial charge in [-0.1, -0.05) is 78.9 Å². The molecule has 13 nitrogen and oxygen atoms in total. The third-order valence-corrected chi connectivity index (χ3v) is 8.45. The summed E-state index contributed by atoms with van der Waals surface area (Å²) in [4.78, 5) is 42.8. The average molecular weight is 745 g/mol. The van der Waals surface area contributed by atoms with E-state index in [0.29, 0.717) is 22.7 Å². The number of para-hydroxylation sites is 2. The summed E-state index contributed by atoms with van der Waals surface area (Å²) in [6.07, 6.45) is -2.77. The number of aliphatic imine (C=N–C) groups is 1. The topological polar surface area (TPSA) is 163 Å². The van der Waals surface area contributed by atoms with Gasteiger partial charge in [0.1, 0.15) is 29.3 Å². The molecular formula is C39H45N4O9P. The minimum atomic E-state index is -4.04. The van der Waals surface area contributed by atoms with Crippen LogP contribution in [0, 0.1) is 0 Å². The van der Waals surface area contributed by atoms with Gasteiger partial charge >= 0.3 is 25.9 Å². The minimum absolute atomic E-state index is 0.00378. The molecular weight excluding hydrogens is 699 g/mol. The van der Waals surface area contributed by atoms with Crippen molar-refractivity contribution in [2.24, 2.45) is 4.99 Å². The first-order chi connectivity index (χ1) is 25.0. The van der Waals surface area contributed by atoms with Crippen LogP contribution in [0.4, 0.5) is 20.1 Å². The fourth-order valence-electron chi connectivity index (χ4n) is 4.54. The van der Waals surface area contributed by atoms with E-state index in [1.807, 2.05) is 30.3 Å². The molecule has 0 saturated heterocycles. The van der Waals surface area contributed by atoms with Gasteiger partial charge in [-0.2, -0.15) is 0 Å². The Morgan fingerprint density at radius 1 is 0.642 bits per heavy atom. The average Bonchev–Trinajstić information content (AvgIpc) is 3.07. The molecule has 0 spiro atoms. The Balaban J connectivity index is 1.65. The molecule has 4 rings (SSSR count). The molecule has 3 N–H and O–H groups in total. The third kappa shape index (κ3) is 14.8. The lowest BCUT2D eigenvalue weighted by Crippen LogP contribution is -2.47. The first kappa shape index (κ1) is 40.0. The Hall–Kier alpha value is -5.81.